The maximum atomic E-state index is 14.5. The molecule has 4 fully saturated rings. The van der Waals surface area contributed by atoms with Crippen LogP contribution in [-0.4, -0.2) is 66.5 Å². The fraction of sp³-hybridized carbons (Fsp3) is 0.410. The average molecular weight is 666 g/mol. The fourth-order valence-corrected chi connectivity index (χ4v) is 10.1. The highest BCUT2D eigenvalue weighted by molar-refractivity contribution is 7.89. The van der Waals surface area contributed by atoms with Crippen LogP contribution in [0.2, 0.25) is 0 Å². The molecule has 1 saturated carbocycles. The number of nitrogens with two attached hydrogens (primary N) is 1. The van der Waals surface area contributed by atoms with Crippen molar-refractivity contribution in [2.24, 2.45) is 5.73 Å². The van der Waals surface area contributed by atoms with Crippen LogP contribution < -0.4 is 15.2 Å². The number of hydrogen-bond donors (Lipinski definition) is 1. The van der Waals surface area contributed by atoms with E-state index in [0.29, 0.717) is 5.75 Å². The van der Waals surface area contributed by atoms with E-state index in [1.807, 2.05) is 71.6 Å². The van der Waals surface area contributed by atoms with Gasteiger partial charge in [0.1, 0.15) is 23.6 Å². The lowest BCUT2D eigenvalue weighted by Crippen LogP contribution is -2.55. The van der Waals surface area contributed by atoms with Crippen LogP contribution in [0.4, 0.5) is 0 Å². The number of sulfonamides is 1. The van der Waals surface area contributed by atoms with Gasteiger partial charge in [-0.1, -0.05) is 54.6 Å². The van der Waals surface area contributed by atoms with Crippen molar-refractivity contribution >= 4 is 26.7 Å². The first kappa shape index (κ1) is 31.4. The van der Waals surface area contributed by atoms with Crippen LogP contribution in [-0.2, 0) is 14.8 Å². The lowest BCUT2D eigenvalue weighted by Gasteiger charge is -2.40. The van der Waals surface area contributed by atoms with Crippen LogP contribution in [0.15, 0.2) is 95.9 Å². The van der Waals surface area contributed by atoms with Crippen molar-refractivity contribution in [2.45, 2.75) is 99.1 Å². The molecule has 2 unspecified atom stereocenters. The molecule has 8 nitrogen and oxygen atoms in total. The zero-order valence-electron chi connectivity index (χ0n) is 27.1. The summed E-state index contributed by atoms with van der Waals surface area (Å²) in [6, 6.07) is 28.3. The van der Waals surface area contributed by atoms with E-state index in [4.69, 9.17) is 15.2 Å². The zero-order chi connectivity index (χ0) is 32.8. The summed E-state index contributed by atoms with van der Waals surface area (Å²) in [7, 11) is -4.04. The standard InChI is InChI=1S/C39H43N3O5S/c40-30-22-31-14-15-32(23-30)42(31)39(43)38-24-36(47-34-16-10-27(11-17-34)26-6-2-1-3-7-26)25-41(38)48(44,45)37-19-13-28-20-35(18-12-29(28)21-37)46-33-8-4-5-9-33/h1-3,6-7,10-13,16-21,30-33,36,38H,4-5,8-9,14-15,22-25,40H2/t30?,31?,32?,36-,38+/m1/s1. The fourth-order valence-electron chi connectivity index (χ4n) is 8.41. The maximum Gasteiger partial charge on any atom is 0.243 e. The summed E-state index contributed by atoms with van der Waals surface area (Å²) < 4.78 is 42.9. The summed E-state index contributed by atoms with van der Waals surface area (Å²) in [6.45, 7) is 0.0913. The Morgan fingerprint density at radius 2 is 1.31 bits per heavy atom. The van der Waals surface area contributed by atoms with E-state index < -0.39 is 22.2 Å². The third kappa shape index (κ3) is 6.08. The summed E-state index contributed by atoms with van der Waals surface area (Å²) in [5.74, 6) is 1.33. The van der Waals surface area contributed by atoms with Crippen LogP contribution >= 0.6 is 0 Å². The van der Waals surface area contributed by atoms with Gasteiger partial charge in [0.15, 0.2) is 0 Å². The van der Waals surface area contributed by atoms with Crippen molar-refractivity contribution in [1.29, 1.82) is 0 Å². The molecule has 2 N–H and O–H groups in total. The van der Waals surface area contributed by atoms with E-state index in [9.17, 15) is 13.2 Å². The maximum absolute atomic E-state index is 14.5. The van der Waals surface area contributed by atoms with Crippen LogP contribution in [0.3, 0.4) is 0 Å². The van der Waals surface area contributed by atoms with E-state index >= 15 is 0 Å². The lowest BCUT2D eigenvalue weighted by atomic mass is 9.97. The minimum atomic E-state index is -4.04. The lowest BCUT2D eigenvalue weighted by molar-refractivity contribution is -0.139. The number of benzene rings is 4. The number of ether oxygens (including phenoxy) is 2. The van der Waals surface area contributed by atoms with Gasteiger partial charge in [-0.05, 0) is 110 Å². The summed E-state index contributed by atoms with van der Waals surface area (Å²) in [5.41, 5.74) is 8.50. The molecule has 8 rings (SSSR count). The second-order valence-corrected chi connectivity index (χ2v) is 15.9. The van der Waals surface area contributed by atoms with E-state index in [-0.39, 0.29) is 48.0 Å². The molecular formula is C39H43N3O5S. The summed E-state index contributed by atoms with van der Waals surface area (Å²) >= 11 is 0. The number of hydrogen-bond acceptors (Lipinski definition) is 6. The van der Waals surface area contributed by atoms with Gasteiger partial charge in [0.2, 0.25) is 15.9 Å². The summed E-state index contributed by atoms with van der Waals surface area (Å²) in [5, 5.41) is 1.73. The van der Waals surface area contributed by atoms with Crippen molar-refractivity contribution < 1.29 is 22.7 Å². The monoisotopic (exact) mass is 665 g/mol. The molecule has 3 aliphatic heterocycles. The summed E-state index contributed by atoms with van der Waals surface area (Å²) in [6.07, 6.45) is 7.92. The molecule has 3 saturated heterocycles. The number of amides is 1. The molecule has 3 heterocycles. The number of carbonyl (C=O) groups excluding carboxylic acids is 1. The van der Waals surface area contributed by atoms with Gasteiger partial charge in [-0.15, -0.1) is 0 Å². The van der Waals surface area contributed by atoms with E-state index in [1.54, 1.807) is 12.1 Å². The van der Waals surface area contributed by atoms with Crippen LogP contribution in [0.1, 0.15) is 57.8 Å². The van der Waals surface area contributed by atoms with Crippen molar-refractivity contribution in [1.82, 2.24) is 9.21 Å². The molecule has 0 radical (unpaired) electrons. The van der Waals surface area contributed by atoms with Gasteiger partial charge in [-0.25, -0.2) is 8.42 Å². The molecular weight excluding hydrogens is 623 g/mol. The van der Waals surface area contributed by atoms with Crippen LogP contribution in [0, 0.1) is 0 Å². The van der Waals surface area contributed by atoms with Gasteiger partial charge >= 0.3 is 0 Å². The predicted molar refractivity (Wildman–Crippen MR) is 186 cm³/mol. The molecule has 1 aliphatic carbocycles. The van der Waals surface area contributed by atoms with Crippen molar-refractivity contribution in [3.8, 4) is 22.6 Å². The number of nitrogens with zero attached hydrogens (tertiary/aromatic N) is 2. The van der Waals surface area contributed by atoms with Crippen LogP contribution in [0.25, 0.3) is 21.9 Å². The molecule has 48 heavy (non-hydrogen) atoms. The van der Waals surface area contributed by atoms with Crippen molar-refractivity contribution in [2.75, 3.05) is 6.54 Å². The SMILES string of the molecule is NC1CC2CCC(C1)N2C(=O)[C@@H]1C[C@@H](Oc2ccc(-c3ccccc3)cc2)CN1S(=O)(=O)c1ccc2cc(OC3CCCC3)ccc2c1. The third-order valence-corrected chi connectivity index (χ3v) is 12.7. The first-order valence-corrected chi connectivity index (χ1v) is 18.9. The second kappa shape index (κ2) is 12.8. The Hall–Kier alpha value is -3.92. The summed E-state index contributed by atoms with van der Waals surface area (Å²) in [4.78, 5) is 16.5. The largest absolute Gasteiger partial charge is 0.490 e. The average Bonchev–Trinajstić information content (AvgIpc) is 3.84. The van der Waals surface area contributed by atoms with Crippen LogP contribution in [0.5, 0.6) is 11.5 Å². The minimum absolute atomic E-state index is 0.0580. The zero-order valence-corrected chi connectivity index (χ0v) is 27.9. The molecule has 4 atom stereocenters. The first-order valence-electron chi connectivity index (χ1n) is 17.4. The second-order valence-electron chi connectivity index (χ2n) is 14.0. The quantitative estimate of drug-likeness (QED) is 0.230. The number of piperidine rings is 1. The number of carbonyl (C=O) groups is 1. The van der Waals surface area contributed by atoms with Gasteiger partial charge in [0.25, 0.3) is 0 Å². The molecule has 9 heteroatoms. The highest BCUT2D eigenvalue weighted by Crippen LogP contribution is 2.39. The number of fused-ring (bicyclic) bond motifs is 3. The molecule has 2 bridgehead atoms. The Morgan fingerprint density at radius 1 is 0.688 bits per heavy atom. The Balaban J connectivity index is 1.06. The molecule has 4 aromatic carbocycles. The Kier molecular flexibility index (Phi) is 8.39. The Bertz CT molecular complexity index is 1880. The topological polar surface area (TPSA) is 102 Å². The molecule has 0 spiro atoms. The van der Waals surface area contributed by atoms with Crippen molar-refractivity contribution in [3.05, 3.63) is 91.0 Å². The van der Waals surface area contributed by atoms with Gasteiger partial charge in [0.05, 0.1) is 17.5 Å². The van der Waals surface area contributed by atoms with E-state index in [1.165, 1.54) is 17.1 Å². The molecule has 4 aromatic rings. The van der Waals surface area contributed by atoms with E-state index in [2.05, 4.69) is 12.1 Å². The number of rotatable bonds is 8. The van der Waals surface area contributed by atoms with Gasteiger partial charge in [-0.3, -0.25) is 4.79 Å². The molecule has 250 valence electrons. The molecule has 0 aromatic heterocycles. The first-order chi connectivity index (χ1) is 23.3. The van der Waals surface area contributed by atoms with Crippen molar-refractivity contribution in [3.63, 3.8) is 0 Å². The third-order valence-electron chi connectivity index (χ3n) is 10.8. The normalized spacial score (nSPS) is 26.3. The molecule has 4 aliphatic rings. The predicted octanol–water partition coefficient (Wildman–Crippen LogP) is 6.52. The smallest absolute Gasteiger partial charge is 0.243 e. The minimum Gasteiger partial charge on any atom is -0.490 e. The van der Waals surface area contributed by atoms with Gasteiger partial charge in [0, 0.05) is 24.5 Å². The molecule has 1 amide bonds. The Morgan fingerprint density at radius 3 is 2.04 bits per heavy atom. The highest BCUT2D eigenvalue weighted by Gasteiger charge is 2.51. The van der Waals surface area contributed by atoms with Gasteiger partial charge in [-0.2, -0.15) is 4.31 Å². The van der Waals surface area contributed by atoms with E-state index in [0.717, 1.165) is 66.2 Å². The Labute approximate surface area is 282 Å². The highest BCUT2D eigenvalue weighted by atomic mass is 32.2. The van der Waals surface area contributed by atoms with Gasteiger partial charge < -0.3 is 20.1 Å².